The summed E-state index contributed by atoms with van der Waals surface area (Å²) in [5.74, 6) is -0.588. The number of amides is 1. The molecule has 0 fully saturated rings. The second kappa shape index (κ2) is 9.15. The van der Waals surface area contributed by atoms with Gasteiger partial charge in [-0.15, -0.1) is 0 Å². The number of nitrogens with zero attached hydrogens (tertiary/aromatic N) is 2. The number of carbonyl (C=O) groups excluding carboxylic acids is 1. The summed E-state index contributed by atoms with van der Waals surface area (Å²) >= 11 is 5.76. The molecule has 3 aromatic carbocycles. The minimum atomic E-state index is -3.79. The first kappa shape index (κ1) is 22.3. The maximum atomic E-state index is 13.0. The van der Waals surface area contributed by atoms with E-state index >= 15 is 0 Å². The van der Waals surface area contributed by atoms with E-state index in [1.165, 1.54) is 40.7 Å². The number of halogens is 1. The Morgan fingerprint density at radius 2 is 1.71 bits per heavy atom. The fraction of sp³-hybridized carbons (Fsp3) is 0.0952. The molecular weight excluding hydrogens is 442 g/mol. The molecule has 1 N–H and O–H groups in total. The summed E-state index contributed by atoms with van der Waals surface area (Å²) in [5.41, 5.74) is 0.557. The van der Waals surface area contributed by atoms with Crippen LogP contribution in [-0.4, -0.2) is 25.8 Å². The predicted molar refractivity (Wildman–Crippen MR) is 119 cm³/mol. The number of anilines is 2. The molecule has 0 radical (unpaired) electrons. The molecule has 0 unspecified atom stereocenters. The Morgan fingerprint density at radius 3 is 2.29 bits per heavy atom. The highest BCUT2D eigenvalue weighted by molar-refractivity contribution is 7.92. The lowest BCUT2D eigenvalue weighted by atomic mass is 10.2. The topological polar surface area (TPSA) is 110 Å². The van der Waals surface area contributed by atoms with Crippen LogP contribution in [0.3, 0.4) is 0 Å². The van der Waals surface area contributed by atoms with E-state index in [0.29, 0.717) is 11.4 Å². The second-order valence-electron chi connectivity index (χ2n) is 6.41. The molecule has 0 aliphatic heterocycles. The molecule has 1 amide bonds. The Balaban J connectivity index is 1.81. The van der Waals surface area contributed by atoms with Crippen molar-refractivity contribution in [1.29, 1.82) is 0 Å². The van der Waals surface area contributed by atoms with Crippen molar-refractivity contribution >= 4 is 44.6 Å². The van der Waals surface area contributed by atoms with Gasteiger partial charge in [0.2, 0.25) is 0 Å². The largest absolute Gasteiger partial charge is 0.322 e. The standard InChI is InChI=1S/C21H18ClN3O5S/c1-2-24(17-6-4-3-5-7-17)31(29,30)18-11-9-16(10-12-18)23-21(26)15-8-13-19(22)20(14-15)25(27)28/h3-14H,2H2,1H3,(H,23,26). The van der Waals surface area contributed by atoms with E-state index in [0.717, 1.165) is 6.07 Å². The van der Waals surface area contributed by atoms with E-state index in [9.17, 15) is 23.3 Å². The van der Waals surface area contributed by atoms with Crippen molar-refractivity contribution in [1.82, 2.24) is 0 Å². The monoisotopic (exact) mass is 459 g/mol. The van der Waals surface area contributed by atoms with Crippen molar-refractivity contribution in [3.63, 3.8) is 0 Å². The lowest BCUT2D eigenvalue weighted by Crippen LogP contribution is -2.30. The van der Waals surface area contributed by atoms with Gasteiger partial charge in [-0.05, 0) is 55.5 Å². The van der Waals surface area contributed by atoms with Gasteiger partial charge in [-0.1, -0.05) is 29.8 Å². The fourth-order valence-electron chi connectivity index (χ4n) is 2.92. The number of nitro benzene ring substituents is 1. The van der Waals surface area contributed by atoms with Crippen LogP contribution in [0.4, 0.5) is 17.1 Å². The average Bonchev–Trinajstić information content (AvgIpc) is 2.75. The van der Waals surface area contributed by atoms with Gasteiger partial charge in [0, 0.05) is 23.9 Å². The zero-order chi connectivity index (χ0) is 22.6. The molecule has 0 aliphatic carbocycles. The molecule has 3 aromatic rings. The van der Waals surface area contributed by atoms with E-state index in [-0.39, 0.29) is 27.7 Å². The van der Waals surface area contributed by atoms with E-state index in [1.807, 2.05) is 0 Å². The Labute approximate surface area is 184 Å². The Hall–Kier alpha value is -3.43. The third-order valence-electron chi connectivity index (χ3n) is 4.44. The molecule has 8 nitrogen and oxygen atoms in total. The van der Waals surface area contributed by atoms with Crippen LogP contribution in [0.1, 0.15) is 17.3 Å². The number of nitro groups is 1. The molecule has 0 saturated carbocycles. The summed E-state index contributed by atoms with van der Waals surface area (Å²) in [6, 6.07) is 18.1. The van der Waals surface area contributed by atoms with Crippen molar-refractivity contribution in [2.75, 3.05) is 16.2 Å². The first-order chi connectivity index (χ1) is 14.7. The number of rotatable bonds is 7. The molecule has 0 bridgehead atoms. The highest BCUT2D eigenvalue weighted by atomic mass is 35.5. The van der Waals surface area contributed by atoms with Crippen molar-refractivity contribution in [3.05, 3.63) is 93.5 Å². The van der Waals surface area contributed by atoms with Crippen molar-refractivity contribution in [2.45, 2.75) is 11.8 Å². The molecule has 0 aromatic heterocycles. The van der Waals surface area contributed by atoms with Crippen molar-refractivity contribution < 1.29 is 18.1 Å². The Kier molecular flexibility index (Phi) is 6.57. The quantitative estimate of drug-likeness (QED) is 0.406. The number of carbonyl (C=O) groups is 1. The molecular formula is C21H18ClN3O5S. The SMILES string of the molecule is CCN(c1ccccc1)S(=O)(=O)c1ccc(NC(=O)c2ccc(Cl)c([N+](=O)[O-])c2)cc1. The maximum Gasteiger partial charge on any atom is 0.288 e. The normalized spacial score (nSPS) is 11.0. The van der Waals surface area contributed by atoms with E-state index < -0.39 is 20.9 Å². The first-order valence-corrected chi connectivity index (χ1v) is 11.0. The van der Waals surface area contributed by atoms with Crippen LogP contribution in [-0.2, 0) is 10.0 Å². The number of benzene rings is 3. The van der Waals surface area contributed by atoms with Crippen LogP contribution in [0.25, 0.3) is 0 Å². The zero-order valence-electron chi connectivity index (χ0n) is 16.4. The second-order valence-corrected chi connectivity index (χ2v) is 8.68. The van der Waals surface area contributed by atoms with Crippen LogP contribution >= 0.6 is 11.6 Å². The van der Waals surface area contributed by atoms with Crippen molar-refractivity contribution in [3.8, 4) is 0 Å². The predicted octanol–water partition coefficient (Wildman–Crippen LogP) is 4.72. The number of sulfonamides is 1. The van der Waals surface area contributed by atoms with Gasteiger partial charge >= 0.3 is 0 Å². The average molecular weight is 460 g/mol. The van der Waals surface area contributed by atoms with Crippen LogP contribution in [0.2, 0.25) is 5.02 Å². The molecule has 0 heterocycles. The number of hydrogen-bond donors (Lipinski definition) is 1. The van der Waals surface area contributed by atoms with Gasteiger partial charge in [-0.25, -0.2) is 8.42 Å². The minimum absolute atomic E-state index is 0.0500. The number of para-hydroxylation sites is 1. The summed E-state index contributed by atoms with van der Waals surface area (Å²) in [6.07, 6.45) is 0. The molecule has 0 aliphatic rings. The summed E-state index contributed by atoms with van der Waals surface area (Å²) in [6.45, 7) is 1.99. The van der Waals surface area contributed by atoms with Crippen LogP contribution < -0.4 is 9.62 Å². The van der Waals surface area contributed by atoms with Crippen LogP contribution in [0, 0.1) is 10.1 Å². The molecule has 0 saturated heterocycles. The number of nitrogens with one attached hydrogen (secondary N) is 1. The third kappa shape index (κ3) is 4.84. The summed E-state index contributed by atoms with van der Waals surface area (Å²) < 4.78 is 27.3. The number of hydrogen-bond acceptors (Lipinski definition) is 5. The fourth-order valence-corrected chi connectivity index (χ4v) is 4.58. The van der Waals surface area contributed by atoms with Crippen LogP contribution in [0.15, 0.2) is 77.7 Å². The van der Waals surface area contributed by atoms with Crippen LogP contribution in [0.5, 0.6) is 0 Å². The van der Waals surface area contributed by atoms with Gasteiger partial charge in [-0.3, -0.25) is 19.2 Å². The van der Waals surface area contributed by atoms with E-state index in [4.69, 9.17) is 11.6 Å². The van der Waals surface area contributed by atoms with Gasteiger partial charge < -0.3 is 5.32 Å². The molecule has 0 spiro atoms. The molecule has 10 heteroatoms. The summed E-state index contributed by atoms with van der Waals surface area (Å²) in [4.78, 5) is 22.8. The smallest absolute Gasteiger partial charge is 0.288 e. The van der Waals surface area contributed by atoms with Gasteiger partial charge in [0.05, 0.1) is 15.5 Å². The van der Waals surface area contributed by atoms with Crippen molar-refractivity contribution in [2.24, 2.45) is 0 Å². The molecule has 0 atom stereocenters. The maximum absolute atomic E-state index is 13.0. The van der Waals surface area contributed by atoms with E-state index in [1.54, 1.807) is 37.3 Å². The molecule has 3 rings (SSSR count). The third-order valence-corrected chi connectivity index (χ3v) is 6.67. The molecule has 160 valence electrons. The minimum Gasteiger partial charge on any atom is -0.322 e. The van der Waals surface area contributed by atoms with E-state index in [2.05, 4.69) is 5.32 Å². The highest BCUT2D eigenvalue weighted by Crippen LogP contribution is 2.26. The zero-order valence-corrected chi connectivity index (χ0v) is 17.9. The lowest BCUT2D eigenvalue weighted by Gasteiger charge is -2.23. The lowest BCUT2D eigenvalue weighted by molar-refractivity contribution is -0.384. The van der Waals surface area contributed by atoms with Gasteiger partial charge in [0.15, 0.2) is 0 Å². The summed E-state index contributed by atoms with van der Waals surface area (Å²) in [5, 5.41) is 13.5. The first-order valence-electron chi connectivity index (χ1n) is 9.17. The van der Waals surface area contributed by atoms with Gasteiger partial charge in [-0.2, -0.15) is 0 Å². The Morgan fingerprint density at radius 1 is 1.06 bits per heavy atom. The van der Waals surface area contributed by atoms with Gasteiger partial charge in [0.25, 0.3) is 21.6 Å². The summed E-state index contributed by atoms with van der Waals surface area (Å²) in [7, 11) is -3.79. The molecule has 31 heavy (non-hydrogen) atoms. The Bertz CT molecular complexity index is 1220. The van der Waals surface area contributed by atoms with Gasteiger partial charge in [0.1, 0.15) is 5.02 Å². The highest BCUT2D eigenvalue weighted by Gasteiger charge is 2.23.